The first kappa shape index (κ1) is 18.0. The molecule has 1 atom stereocenters. The summed E-state index contributed by atoms with van der Waals surface area (Å²) in [6, 6.07) is 5.83. The minimum atomic E-state index is -0.272. The average molecular weight is 383 g/mol. The maximum Gasteiger partial charge on any atom is 0.227 e. The normalized spacial score (nSPS) is 36.1. The van der Waals surface area contributed by atoms with Gasteiger partial charge in [0.1, 0.15) is 5.75 Å². The highest BCUT2D eigenvalue weighted by atomic mass is 16.5. The zero-order chi connectivity index (χ0) is 19.5. The fraction of sp³-hybridized carbons (Fsp3) is 0.652. The fourth-order valence-electron chi connectivity index (χ4n) is 6.75. The quantitative estimate of drug-likeness (QED) is 0.868. The monoisotopic (exact) mass is 382 g/mol. The molecule has 1 aromatic carbocycles. The first-order valence-corrected chi connectivity index (χ1v) is 10.7. The van der Waals surface area contributed by atoms with Gasteiger partial charge in [0.25, 0.3) is 0 Å². The number of rotatable bonds is 4. The van der Waals surface area contributed by atoms with Crippen molar-refractivity contribution >= 4 is 17.5 Å². The van der Waals surface area contributed by atoms with Crippen molar-refractivity contribution in [2.45, 2.75) is 57.4 Å². The van der Waals surface area contributed by atoms with E-state index in [1.165, 1.54) is 19.3 Å². The molecule has 0 radical (unpaired) electrons. The lowest BCUT2D eigenvalue weighted by molar-refractivity contribution is -0.131. The van der Waals surface area contributed by atoms with Gasteiger partial charge in [0.05, 0.1) is 18.7 Å². The van der Waals surface area contributed by atoms with Gasteiger partial charge in [-0.05, 0) is 80.9 Å². The van der Waals surface area contributed by atoms with Gasteiger partial charge in [-0.25, -0.2) is 0 Å². The topological polar surface area (TPSA) is 58.6 Å². The van der Waals surface area contributed by atoms with E-state index in [0.29, 0.717) is 12.3 Å². The van der Waals surface area contributed by atoms with E-state index >= 15 is 0 Å². The van der Waals surface area contributed by atoms with E-state index < -0.39 is 0 Å². The number of carbonyl (C=O) groups is 2. The van der Waals surface area contributed by atoms with Crippen LogP contribution < -0.4 is 15.0 Å². The summed E-state index contributed by atoms with van der Waals surface area (Å²) in [5.41, 5.74) is 1.85. The van der Waals surface area contributed by atoms with Crippen LogP contribution in [0.5, 0.6) is 5.75 Å². The molecule has 1 heterocycles. The van der Waals surface area contributed by atoms with Crippen molar-refractivity contribution in [1.82, 2.24) is 5.32 Å². The number of hydrogen-bond donors (Lipinski definition) is 1. The minimum Gasteiger partial charge on any atom is -0.495 e. The van der Waals surface area contributed by atoms with Gasteiger partial charge in [-0.1, -0.05) is 6.07 Å². The number of benzene rings is 1. The Hall–Kier alpha value is -2.04. The Bertz CT molecular complexity index is 783. The highest BCUT2D eigenvalue weighted by Crippen LogP contribution is 2.55. The smallest absolute Gasteiger partial charge is 0.227 e. The van der Waals surface area contributed by atoms with Crippen LogP contribution >= 0.6 is 0 Å². The van der Waals surface area contributed by atoms with Gasteiger partial charge in [-0.15, -0.1) is 0 Å². The van der Waals surface area contributed by atoms with E-state index in [1.54, 1.807) is 12.0 Å². The van der Waals surface area contributed by atoms with E-state index in [-0.39, 0.29) is 29.7 Å². The predicted octanol–water partition coefficient (Wildman–Crippen LogP) is 3.44. The molecule has 1 aromatic rings. The lowest BCUT2D eigenvalue weighted by atomic mass is 9.53. The molecule has 150 valence electrons. The minimum absolute atomic E-state index is 0.00330. The Morgan fingerprint density at radius 1 is 1.14 bits per heavy atom. The number of anilines is 1. The van der Waals surface area contributed by atoms with Crippen molar-refractivity contribution in [3.63, 3.8) is 0 Å². The van der Waals surface area contributed by atoms with Crippen LogP contribution in [0.3, 0.4) is 0 Å². The van der Waals surface area contributed by atoms with Crippen LogP contribution in [0.15, 0.2) is 18.2 Å². The lowest BCUT2D eigenvalue weighted by Crippen LogP contribution is -2.60. The van der Waals surface area contributed by atoms with Gasteiger partial charge in [-0.3, -0.25) is 9.59 Å². The zero-order valence-electron chi connectivity index (χ0n) is 16.9. The molecule has 1 N–H and O–H groups in total. The van der Waals surface area contributed by atoms with Gasteiger partial charge in [0.15, 0.2) is 0 Å². The van der Waals surface area contributed by atoms with Crippen molar-refractivity contribution in [2.24, 2.45) is 23.7 Å². The Labute approximate surface area is 166 Å². The highest BCUT2D eigenvalue weighted by molar-refractivity contribution is 6.01. The van der Waals surface area contributed by atoms with Gasteiger partial charge < -0.3 is 15.0 Å². The molecule has 0 spiro atoms. The van der Waals surface area contributed by atoms with Crippen molar-refractivity contribution in [3.05, 3.63) is 23.8 Å². The fourth-order valence-corrected chi connectivity index (χ4v) is 6.75. The van der Waals surface area contributed by atoms with Gasteiger partial charge >= 0.3 is 0 Å². The number of hydrogen-bond acceptors (Lipinski definition) is 3. The first-order chi connectivity index (χ1) is 13.4. The molecule has 4 bridgehead atoms. The molecule has 5 heteroatoms. The molecule has 0 unspecified atom stereocenters. The molecule has 5 nitrogen and oxygen atoms in total. The molecule has 4 saturated carbocycles. The average Bonchev–Trinajstić information content (AvgIpc) is 3.02. The van der Waals surface area contributed by atoms with Crippen molar-refractivity contribution in [3.8, 4) is 5.75 Å². The van der Waals surface area contributed by atoms with Crippen molar-refractivity contribution < 1.29 is 14.3 Å². The second-order valence-electron chi connectivity index (χ2n) is 9.77. The molecule has 2 amide bonds. The van der Waals surface area contributed by atoms with Crippen LogP contribution in [-0.4, -0.2) is 31.0 Å². The third-order valence-electron chi connectivity index (χ3n) is 7.55. The number of amides is 2. The Balaban J connectivity index is 1.31. The molecule has 1 aliphatic heterocycles. The number of aryl methyl sites for hydroxylation is 1. The van der Waals surface area contributed by atoms with Gasteiger partial charge in [0.2, 0.25) is 11.8 Å². The van der Waals surface area contributed by atoms with Crippen LogP contribution in [0.4, 0.5) is 5.69 Å². The van der Waals surface area contributed by atoms with Crippen molar-refractivity contribution in [2.75, 3.05) is 18.6 Å². The summed E-state index contributed by atoms with van der Waals surface area (Å²) in [5, 5.41) is 3.45. The third-order valence-corrected chi connectivity index (χ3v) is 7.55. The number of ether oxygens (including phenoxy) is 1. The summed E-state index contributed by atoms with van der Waals surface area (Å²) in [6.45, 7) is 2.44. The number of nitrogens with zero attached hydrogens (tertiary/aromatic N) is 1. The van der Waals surface area contributed by atoms with Crippen LogP contribution in [0.25, 0.3) is 0 Å². The second kappa shape index (κ2) is 6.50. The summed E-state index contributed by atoms with van der Waals surface area (Å²) in [4.78, 5) is 27.6. The van der Waals surface area contributed by atoms with E-state index in [2.05, 4.69) is 5.32 Å². The summed E-state index contributed by atoms with van der Waals surface area (Å²) < 4.78 is 5.45. The van der Waals surface area contributed by atoms with Crippen LogP contribution in [0.1, 0.15) is 50.5 Å². The molecule has 6 rings (SSSR count). The second-order valence-corrected chi connectivity index (χ2v) is 9.77. The number of nitrogens with one attached hydrogen (secondary N) is 1. The van der Waals surface area contributed by atoms with Crippen LogP contribution in [0, 0.1) is 30.6 Å². The third kappa shape index (κ3) is 2.99. The molecular weight excluding hydrogens is 352 g/mol. The molecule has 5 fully saturated rings. The number of carbonyl (C=O) groups excluding carboxylic acids is 2. The maximum absolute atomic E-state index is 13.2. The van der Waals surface area contributed by atoms with E-state index in [4.69, 9.17) is 4.74 Å². The predicted molar refractivity (Wildman–Crippen MR) is 107 cm³/mol. The first-order valence-electron chi connectivity index (χ1n) is 10.7. The number of methoxy groups -OCH3 is 1. The summed E-state index contributed by atoms with van der Waals surface area (Å²) in [5.74, 6) is 2.88. The van der Waals surface area contributed by atoms with E-state index in [1.807, 2.05) is 25.1 Å². The molecule has 4 aliphatic carbocycles. The molecule has 1 saturated heterocycles. The highest BCUT2D eigenvalue weighted by Gasteiger charge is 2.52. The van der Waals surface area contributed by atoms with Gasteiger partial charge in [-0.2, -0.15) is 0 Å². The van der Waals surface area contributed by atoms with Gasteiger partial charge in [0, 0.05) is 18.5 Å². The van der Waals surface area contributed by atoms with Crippen LogP contribution in [0.2, 0.25) is 0 Å². The van der Waals surface area contributed by atoms with E-state index in [0.717, 1.165) is 48.3 Å². The summed E-state index contributed by atoms with van der Waals surface area (Å²) in [6.07, 6.45) is 7.78. The molecular formula is C23H30N2O3. The Kier molecular flexibility index (Phi) is 4.18. The SMILES string of the molecule is COc1ccc(C)cc1N1C[C@@H](C(=O)NC23CC4CC(CC(C4)C2)C3)CC1=O. The summed E-state index contributed by atoms with van der Waals surface area (Å²) >= 11 is 0. The largest absolute Gasteiger partial charge is 0.495 e. The van der Waals surface area contributed by atoms with Crippen LogP contribution in [-0.2, 0) is 9.59 Å². The lowest BCUT2D eigenvalue weighted by Gasteiger charge is -2.57. The standard InChI is InChI=1S/C23H30N2O3/c1-14-3-4-20(28-2)19(5-14)25-13-18(9-21(25)26)22(27)24-23-10-15-6-16(11-23)8-17(7-15)12-23/h3-5,15-18H,6-13H2,1-2H3,(H,24,27)/t15?,16?,17?,18-,23?/m0/s1. The maximum atomic E-state index is 13.2. The Morgan fingerprint density at radius 3 is 2.39 bits per heavy atom. The molecule has 28 heavy (non-hydrogen) atoms. The zero-order valence-corrected chi connectivity index (χ0v) is 16.9. The summed E-state index contributed by atoms with van der Waals surface area (Å²) in [7, 11) is 1.62. The molecule has 5 aliphatic rings. The van der Waals surface area contributed by atoms with E-state index in [9.17, 15) is 9.59 Å². The Morgan fingerprint density at radius 2 is 1.79 bits per heavy atom. The molecule has 0 aromatic heterocycles. The van der Waals surface area contributed by atoms with Crippen molar-refractivity contribution in [1.29, 1.82) is 0 Å².